The fourth-order valence-corrected chi connectivity index (χ4v) is 1.37. The van der Waals surface area contributed by atoms with Crippen molar-refractivity contribution in [1.82, 2.24) is 0 Å². The summed E-state index contributed by atoms with van der Waals surface area (Å²) in [5.41, 5.74) is 0.752. The van der Waals surface area contributed by atoms with Crippen LogP contribution >= 0.6 is 0 Å². The van der Waals surface area contributed by atoms with Gasteiger partial charge in [0, 0.05) is 5.69 Å². The normalized spacial score (nSPS) is 20.7. The van der Waals surface area contributed by atoms with Gasteiger partial charge in [0.25, 0.3) is 0 Å². The van der Waals surface area contributed by atoms with Crippen LogP contribution in [-0.4, -0.2) is 25.0 Å². The molecule has 4 heteroatoms. The van der Waals surface area contributed by atoms with Crippen LogP contribution in [0.15, 0.2) is 30.3 Å². The van der Waals surface area contributed by atoms with E-state index in [1.807, 2.05) is 18.2 Å². The molecule has 0 aliphatic carbocycles. The van der Waals surface area contributed by atoms with Crippen LogP contribution in [0.1, 0.15) is 0 Å². The number of ether oxygens (including phenoxy) is 1. The van der Waals surface area contributed by atoms with Crippen LogP contribution in [0.2, 0.25) is 0 Å². The first-order valence-electron chi connectivity index (χ1n) is 4.30. The number of hydrogen-bond donors (Lipinski definition) is 0. The van der Waals surface area contributed by atoms with Gasteiger partial charge in [0.2, 0.25) is 0 Å². The second-order valence-electron chi connectivity index (χ2n) is 3.00. The Morgan fingerprint density at radius 3 is 2.64 bits per heavy atom. The summed E-state index contributed by atoms with van der Waals surface area (Å²) in [4.78, 5) is 23.2. The predicted octanol–water partition coefficient (Wildman–Crippen LogP) is 1.21. The van der Waals surface area contributed by atoms with E-state index >= 15 is 0 Å². The maximum atomic E-state index is 11.3. The number of hydrogen-bond acceptors (Lipinski definition) is 3. The van der Waals surface area contributed by atoms with E-state index in [0.717, 1.165) is 5.69 Å². The molecule has 0 aromatic heterocycles. The zero-order chi connectivity index (χ0) is 9.97. The highest BCUT2D eigenvalue weighted by molar-refractivity contribution is 5.91. The van der Waals surface area contributed by atoms with Gasteiger partial charge in [-0.15, -0.1) is 0 Å². The molecule has 14 heavy (non-hydrogen) atoms. The van der Waals surface area contributed by atoms with Gasteiger partial charge in [-0.2, -0.15) is 0 Å². The van der Waals surface area contributed by atoms with Gasteiger partial charge >= 0.3 is 6.09 Å². The van der Waals surface area contributed by atoms with E-state index in [2.05, 4.69) is 0 Å². The number of para-hydroxylation sites is 1. The number of carbonyl (C=O) groups excluding carboxylic acids is 2. The summed E-state index contributed by atoms with van der Waals surface area (Å²) in [6.45, 7) is 0.298. The van der Waals surface area contributed by atoms with Crippen molar-refractivity contribution in [3.05, 3.63) is 30.3 Å². The van der Waals surface area contributed by atoms with Gasteiger partial charge in [-0.1, -0.05) is 18.2 Å². The Hall–Kier alpha value is -1.84. The monoisotopic (exact) mass is 191 g/mol. The minimum absolute atomic E-state index is 0.298. The molecule has 1 saturated heterocycles. The molecule has 0 radical (unpaired) electrons. The maximum Gasteiger partial charge on any atom is 0.415 e. The minimum Gasteiger partial charge on any atom is -0.436 e. The number of cyclic esters (lactones) is 1. The lowest BCUT2D eigenvalue weighted by Gasteiger charge is -2.11. The van der Waals surface area contributed by atoms with E-state index in [9.17, 15) is 9.59 Å². The first-order chi connectivity index (χ1) is 6.81. The molecule has 0 N–H and O–H groups in total. The van der Waals surface area contributed by atoms with Crippen LogP contribution < -0.4 is 4.90 Å². The molecule has 1 heterocycles. The molecule has 1 fully saturated rings. The number of nitrogens with zero attached hydrogens (tertiary/aromatic N) is 1. The van der Waals surface area contributed by atoms with Gasteiger partial charge in [-0.25, -0.2) is 4.79 Å². The van der Waals surface area contributed by atoms with Crippen LogP contribution in [0.4, 0.5) is 10.5 Å². The highest BCUT2D eigenvalue weighted by atomic mass is 16.6. The molecule has 1 unspecified atom stereocenters. The summed E-state index contributed by atoms with van der Waals surface area (Å²) < 4.78 is 4.80. The summed E-state index contributed by atoms with van der Waals surface area (Å²) in [5.74, 6) is 0. The molecule has 1 atom stereocenters. The lowest BCUT2D eigenvalue weighted by Crippen LogP contribution is -2.24. The summed E-state index contributed by atoms with van der Waals surface area (Å²) in [6.07, 6.45) is -0.461. The van der Waals surface area contributed by atoms with Crippen LogP contribution in [0, 0.1) is 0 Å². The van der Waals surface area contributed by atoms with Crippen molar-refractivity contribution in [1.29, 1.82) is 0 Å². The Labute approximate surface area is 81.1 Å². The van der Waals surface area contributed by atoms with Crippen molar-refractivity contribution in [2.75, 3.05) is 11.4 Å². The largest absolute Gasteiger partial charge is 0.436 e. The molecular weight excluding hydrogens is 182 g/mol. The highest BCUT2D eigenvalue weighted by Crippen LogP contribution is 2.19. The molecule has 0 bridgehead atoms. The van der Waals surface area contributed by atoms with Crippen LogP contribution in [0.5, 0.6) is 0 Å². The first-order valence-corrected chi connectivity index (χ1v) is 4.30. The van der Waals surface area contributed by atoms with E-state index in [-0.39, 0.29) is 0 Å². The molecular formula is C10H9NO3. The van der Waals surface area contributed by atoms with Crippen molar-refractivity contribution in [2.24, 2.45) is 0 Å². The highest BCUT2D eigenvalue weighted by Gasteiger charge is 2.31. The van der Waals surface area contributed by atoms with Gasteiger partial charge in [-0.3, -0.25) is 9.69 Å². The topological polar surface area (TPSA) is 46.6 Å². The average Bonchev–Trinajstić information content (AvgIpc) is 2.61. The standard InChI is InChI=1S/C10H9NO3/c12-7-9-6-11(10(13)14-9)8-4-2-1-3-5-8/h1-5,7,9H,6H2. The van der Waals surface area contributed by atoms with E-state index in [1.165, 1.54) is 4.90 Å². The maximum absolute atomic E-state index is 11.3. The van der Waals surface area contributed by atoms with Crippen LogP contribution in [-0.2, 0) is 9.53 Å². The second kappa shape index (κ2) is 3.49. The molecule has 1 aromatic rings. The molecule has 2 rings (SSSR count). The molecule has 1 aliphatic heterocycles. The van der Waals surface area contributed by atoms with E-state index < -0.39 is 12.2 Å². The van der Waals surface area contributed by atoms with Crippen molar-refractivity contribution < 1.29 is 14.3 Å². The summed E-state index contributed by atoms with van der Waals surface area (Å²) in [7, 11) is 0. The van der Waals surface area contributed by atoms with Crippen LogP contribution in [0.3, 0.4) is 0 Å². The Bertz CT molecular complexity index is 350. The zero-order valence-electron chi connectivity index (χ0n) is 7.42. The van der Waals surface area contributed by atoms with E-state index in [4.69, 9.17) is 4.74 Å². The van der Waals surface area contributed by atoms with Crippen LogP contribution in [0.25, 0.3) is 0 Å². The first kappa shape index (κ1) is 8.74. The molecule has 0 saturated carbocycles. The molecule has 1 aromatic carbocycles. The van der Waals surface area contributed by atoms with Gasteiger partial charge in [-0.05, 0) is 12.1 Å². The quantitative estimate of drug-likeness (QED) is 0.660. The molecule has 72 valence electrons. The number of benzene rings is 1. The smallest absolute Gasteiger partial charge is 0.415 e. The Morgan fingerprint density at radius 1 is 1.36 bits per heavy atom. The van der Waals surface area contributed by atoms with Gasteiger partial charge in [0.15, 0.2) is 12.4 Å². The molecule has 0 spiro atoms. The van der Waals surface area contributed by atoms with Crippen molar-refractivity contribution >= 4 is 18.1 Å². The molecule has 4 nitrogen and oxygen atoms in total. The lowest BCUT2D eigenvalue weighted by atomic mass is 10.3. The minimum atomic E-state index is -0.636. The van der Waals surface area contributed by atoms with E-state index in [0.29, 0.717) is 12.8 Å². The number of carbonyl (C=O) groups is 2. The fraction of sp³-hybridized carbons (Fsp3) is 0.200. The number of aldehydes is 1. The van der Waals surface area contributed by atoms with E-state index in [1.54, 1.807) is 12.1 Å². The lowest BCUT2D eigenvalue weighted by molar-refractivity contribution is -0.113. The molecule has 1 amide bonds. The fourth-order valence-electron chi connectivity index (χ4n) is 1.37. The number of amides is 1. The van der Waals surface area contributed by atoms with Crippen molar-refractivity contribution in [2.45, 2.75) is 6.10 Å². The number of rotatable bonds is 2. The Kier molecular flexibility index (Phi) is 2.18. The summed E-state index contributed by atoms with van der Waals surface area (Å²) in [5, 5.41) is 0. The van der Waals surface area contributed by atoms with Crippen molar-refractivity contribution in [3.8, 4) is 0 Å². The van der Waals surface area contributed by atoms with Gasteiger partial charge in [0.1, 0.15) is 0 Å². The SMILES string of the molecule is O=CC1CN(c2ccccc2)C(=O)O1. The Balaban J connectivity index is 2.21. The van der Waals surface area contributed by atoms with Gasteiger partial charge < -0.3 is 4.74 Å². The van der Waals surface area contributed by atoms with Gasteiger partial charge in [0.05, 0.1) is 6.54 Å². The Morgan fingerprint density at radius 2 is 2.07 bits per heavy atom. The third kappa shape index (κ3) is 1.46. The zero-order valence-corrected chi connectivity index (χ0v) is 7.42. The second-order valence-corrected chi connectivity index (χ2v) is 3.00. The predicted molar refractivity (Wildman–Crippen MR) is 50.1 cm³/mol. The third-order valence-electron chi connectivity index (χ3n) is 2.05. The third-order valence-corrected chi connectivity index (χ3v) is 2.05. The molecule has 1 aliphatic rings. The van der Waals surface area contributed by atoms with Crippen molar-refractivity contribution in [3.63, 3.8) is 0 Å². The number of anilines is 1. The average molecular weight is 191 g/mol. The summed E-state index contributed by atoms with van der Waals surface area (Å²) >= 11 is 0. The summed E-state index contributed by atoms with van der Waals surface area (Å²) in [6, 6.07) is 9.12.